The number of nitrogens with zero attached hydrogens (tertiary/aromatic N) is 6. The third-order valence-corrected chi connectivity index (χ3v) is 9.55. The van der Waals surface area contributed by atoms with Crippen molar-refractivity contribution in [3.05, 3.63) is 98.9 Å². The van der Waals surface area contributed by atoms with Gasteiger partial charge in [-0.05, 0) is 36.4 Å². The molecule has 0 bridgehead atoms. The van der Waals surface area contributed by atoms with E-state index in [0.717, 1.165) is 40.8 Å². The van der Waals surface area contributed by atoms with Crippen LogP contribution in [-0.2, 0) is 5.75 Å². The maximum absolute atomic E-state index is 13.3. The molecule has 1 aliphatic rings. The van der Waals surface area contributed by atoms with Crippen molar-refractivity contribution < 1.29 is 9.53 Å². The zero-order chi connectivity index (χ0) is 29.1. The van der Waals surface area contributed by atoms with E-state index in [1.54, 1.807) is 7.11 Å². The Hall–Kier alpha value is -3.57. The summed E-state index contributed by atoms with van der Waals surface area (Å²) in [5.74, 6) is 1.90. The highest BCUT2D eigenvalue weighted by Gasteiger charge is 2.26. The summed E-state index contributed by atoms with van der Waals surface area (Å²) in [7, 11) is 1.68. The first kappa shape index (κ1) is 28.5. The van der Waals surface area contributed by atoms with Crippen LogP contribution in [0.2, 0.25) is 10.0 Å². The van der Waals surface area contributed by atoms with Gasteiger partial charge in [0.15, 0.2) is 11.0 Å². The van der Waals surface area contributed by atoms with Crippen molar-refractivity contribution in [1.29, 1.82) is 0 Å². The highest BCUT2D eigenvalue weighted by atomic mass is 35.5. The number of aromatic nitrogens is 4. The van der Waals surface area contributed by atoms with Crippen LogP contribution in [0.1, 0.15) is 15.5 Å². The van der Waals surface area contributed by atoms with Crippen LogP contribution < -0.4 is 9.64 Å². The maximum atomic E-state index is 13.3. The van der Waals surface area contributed by atoms with E-state index in [4.69, 9.17) is 27.9 Å². The second-order valence-corrected chi connectivity index (χ2v) is 12.1. The van der Waals surface area contributed by atoms with Crippen LogP contribution in [0.4, 0.5) is 5.69 Å². The summed E-state index contributed by atoms with van der Waals surface area (Å²) in [6, 6.07) is 23.0. The lowest BCUT2D eigenvalue weighted by atomic mass is 10.2. The molecular formula is C30H26Cl2N6O2S2. The van der Waals surface area contributed by atoms with Gasteiger partial charge in [-0.2, -0.15) is 0 Å². The predicted octanol–water partition coefficient (Wildman–Crippen LogP) is 6.96. The van der Waals surface area contributed by atoms with E-state index in [1.165, 1.54) is 23.1 Å². The molecule has 1 fully saturated rings. The maximum Gasteiger partial charge on any atom is 0.273 e. The average Bonchev–Trinajstić information content (AvgIpc) is 3.68. The number of benzene rings is 3. The van der Waals surface area contributed by atoms with E-state index in [0.29, 0.717) is 45.6 Å². The molecule has 6 rings (SSSR count). The van der Waals surface area contributed by atoms with E-state index in [9.17, 15) is 4.79 Å². The fourth-order valence-electron chi connectivity index (χ4n) is 4.84. The molecule has 5 aromatic rings. The number of thiazole rings is 1. The van der Waals surface area contributed by atoms with Crippen LogP contribution in [0.25, 0.3) is 17.1 Å². The van der Waals surface area contributed by atoms with Crippen LogP contribution in [0.3, 0.4) is 0 Å². The molecule has 214 valence electrons. The van der Waals surface area contributed by atoms with Gasteiger partial charge in [-0.3, -0.25) is 9.36 Å². The number of carbonyl (C=O) groups is 1. The highest BCUT2D eigenvalue weighted by molar-refractivity contribution is 7.98. The average molecular weight is 638 g/mol. The van der Waals surface area contributed by atoms with Crippen molar-refractivity contribution in [3.63, 3.8) is 0 Å². The number of hydrogen-bond acceptors (Lipinski definition) is 8. The number of methoxy groups -OCH3 is 1. The second kappa shape index (κ2) is 12.7. The normalized spacial score (nSPS) is 13.4. The number of anilines is 1. The number of rotatable bonds is 8. The second-order valence-electron chi connectivity index (χ2n) is 9.44. The monoisotopic (exact) mass is 636 g/mol. The largest absolute Gasteiger partial charge is 0.495 e. The molecule has 1 amide bonds. The predicted molar refractivity (Wildman–Crippen MR) is 170 cm³/mol. The Morgan fingerprint density at radius 3 is 2.33 bits per heavy atom. The molecule has 2 aromatic heterocycles. The molecule has 8 nitrogen and oxygen atoms in total. The summed E-state index contributed by atoms with van der Waals surface area (Å²) in [6.45, 7) is 2.68. The van der Waals surface area contributed by atoms with Gasteiger partial charge in [0.1, 0.15) is 16.5 Å². The molecule has 0 atom stereocenters. The first-order valence-electron chi connectivity index (χ1n) is 13.2. The van der Waals surface area contributed by atoms with Gasteiger partial charge in [0.2, 0.25) is 0 Å². The fraction of sp³-hybridized carbons (Fsp3) is 0.200. The lowest BCUT2D eigenvalue weighted by Gasteiger charge is -2.36. The van der Waals surface area contributed by atoms with Crippen LogP contribution in [0.5, 0.6) is 5.75 Å². The molecule has 42 heavy (non-hydrogen) atoms. The molecule has 0 aliphatic carbocycles. The summed E-state index contributed by atoms with van der Waals surface area (Å²) < 4.78 is 7.42. The van der Waals surface area contributed by atoms with Crippen LogP contribution >= 0.6 is 46.3 Å². The van der Waals surface area contributed by atoms with Crippen LogP contribution in [0.15, 0.2) is 83.3 Å². The Labute approximate surface area is 261 Å². The zero-order valence-corrected chi connectivity index (χ0v) is 25.8. The van der Waals surface area contributed by atoms with Gasteiger partial charge in [-0.15, -0.1) is 21.5 Å². The minimum absolute atomic E-state index is 0.0533. The Kier molecular flexibility index (Phi) is 8.66. The molecule has 0 radical (unpaired) electrons. The minimum atomic E-state index is -0.0533. The molecule has 12 heteroatoms. The number of thioether (sulfide) groups is 1. The summed E-state index contributed by atoms with van der Waals surface area (Å²) in [4.78, 5) is 22.1. The van der Waals surface area contributed by atoms with Gasteiger partial charge in [-0.1, -0.05) is 71.4 Å². The van der Waals surface area contributed by atoms with Crippen molar-refractivity contribution >= 4 is 57.9 Å². The number of ether oxygens (including phenoxy) is 1. The Balaban J connectivity index is 1.16. The van der Waals surface area contributed by atoms with Crippen molar-refractivity contribution in [2.45, 2.75) is 10.9 Å². The topological polar surface area (TPSA) is 76.4 Å². The standard InChI is InChI=1S/C30H26Cl2N6O2S2/c1-40-26-13-7-6-12-25(26)36-14-16-37(17-15-36)29(39)23-18-41-27(33-23)19-42-30-35-34-28(20-8-2-3-9-21(20)31)38(30)24-11-5-4-10-22(24)32/h2-13,18H,14-17,19H2,1H3. The summed E-state index contributed by atoms with van der Waals surface area (Å²) in [5, 5.41) is 13.4. The van der Waals surface area contributed by atoms with Crippen molar-refractivity contribution in [3.8, 4) is 22.8 Å². The number of carbonyl (C=O) groups excluding carboxylic acids is 1. The number of hydrogen-bond donors (Lipinski definition) is 0. The summed E-state index contributed by atoms with van der Waals surface area (Å²) in [5.41, 5.74) is 3.02. The molecule has 0 saturated carbocycles. The summed E-state index contributed by atoms with van der Waals surface area (Å²) in [6.07, 6.45) is 0. The van der Waals surface area contributed by atoms with E-state index in [2.05, 4.69) is 20.1 Å². The minimum Gasteiger partial charge on any atom is -0.495 e. The number of piperazine rings is 1. The van der Waals surface area contributed by atoms with Gasteiger partial charge < -0.3 is 14.5 Å². The smallest absolute Gasteiger partial charge is 0.273 e. The third-order valence-electron chi connectivity index (χ3n) is 6.93. The van der Waals surface area contributed by atoms with E-state index >= 15 is 0 Å². The van der Waals surface area contributed by atoms with E-state index in [1.807, 2.05) is 87.6 Å². The SMILES string of the molecule is COc1ccccc1N1CCN(C(=O)c2csc(CSc3nnc(-c4ccccc4Cl)n3-c3ccccc3Cl)n2)CC1. The molecular weight excluding hydrogens is 611 g/mol. The highest BCUT2D eigenvalue weighted by Crippen LogP contribution is 2.35. The lowest BCUT2D eigenvalue weighted by Crippen LogP contribution is -2.49. The number of para-hydroxylation sites is 3. The van der Waals surface area contributed by atoms with Crippen LogP contribution in [-0.4, -0.2) is 63.8 Å². The first-order chi connectivity index (χ1) is 20.5. The molecule has 3 heterocycles. The van der Waals surface area contributed by atoms with Crippen molar-refractivity contribution in [2.24, 2.45) is 0 Å². The lowest BCUT2D eigenvalue weighted by molar-refractivity contribution is 0.0741. The molecule has 1 saturated heterocycles. The molecule has 3 aromatic carbocycles. The van der Waals surface area contributed by atoms with Crippen molar-refractivity contribution in [1.82, 2.24) is 24.6 Å². The molecule has 0 spiro atoms. The summed E-state index contributed by atoms with van der Waals surface area (Å²) >= 11 is 16.1. The van der Waals surface area contributed by atoms with Crippen molar-refractivity contribution in [2.75, 3.05) is 38.2 Å². The molecule has 0 N–H and O–H groups in total. The molecule has 1 aliphatic heterocycles. The van der Waals surface area contributed by atoms with Gasteiger partial charge in [-0.25, -0.2) is 4.98 Å². The van der Waals surface area contributed by atoms with Gasteiger partial charge in [0.25, 0.3) is 5.91 Å². The van der Waals surface area contributed by atoms with Crippen LogP contribution in [0, 0.1) is 0 Å². The fourth-order valence-corrected chi connectivity index (χ4v) is 7.01. The molecule has 0 unspecified atom stereocenters. The third kappa shape index (κ3) is 5.85. The Morgan fingerprint density at radius 2 is 1.60 bits per heavy atom. The Bertz CT molecular complexity index is 1720. The Morgan fingerprint density at radius 1 is 0.905 bits per heavy atom. The van der Waals surface area contributed by atoms with Gasteiger partial charge in [0.05, 0.1) is 34.3 Å². The van der Waals surface area contributed by atoms with Gasteiger partial charge in [0, 0.05) is 37.1 Å². The number of amides is 1. The van der Waals surface area contributed by atoms with E-state index in [-0.39, 0.29) is 5.91 Å². The van der Waals surface area contributed by atoms with E-state index < -0.39 is 0 Å². The number of halogens is 2. The van der Waals surface area contributed by atoms with Gasteiger partial charge >= 0.3 is 0 Å². The first-order valence-corrected chi connectivity index (χ1v) is 15.8. The zero-order valence-electron chi connectivity index (χ0n) is 22.6. The quantitative estimate of drug-likeness (QED) is 0.170.